The molecule has 2 atom stereocenters. The minimum Gasteiger partial charge on any atom is -0.481 e. The SMILES string of the molecule is O=C(O)[C@@H]1CC=CC[C@H]1C(=O)NCCc1ccc2c(c1)OCO2. The van der Waals surface area contributed by atoms with Gasteiger partial charge in [0.25, 0.3) is 0 Å². The van der Waals surface area contributed by atoms with Crippen LogP contribution < -0.4 is 14.8 Å². The van der Waals surface area contributed by atoms with Gasteiger partial charge in [-0.05, 0) is 37.0 Å². The van der Waals surface area contributed by atoms with E-state index in [1.165, 1.54) is 0 Å². The Morgan fingerprint density at radius 2 is 1.87 bits per heavy atom. The van der Waals surface area contributed by atoms with Crippen LogP contribution >= 0.6 is 0 Å². The van der Waals surface area contributed by atoms with Crippen molar-refractivity contribution in [3.8, 4) is 11.5 Å². The Morgan fingerprint density at radius 3 is 2.65 bits per heavy atom. The quantitative estimate of drug-likeness (QED) is 0.808. The molecule has 23 heavy (non-hydrogen) atoms. The molecule has 0 saturated carbocycles. The number of allylic oxidation sites excluding steroid dienone is 2. The van der Waals surface area contributed by atoms with Crippen LogP contribution in [-0.2, 0) is 16.0 Å². The van der Waals surface area contributed by atoms with Crippen LogP contribution in [-0.4, -0.2) is 30.3 Å². The van der Waals surface area contributed by atoms with Crippen LogP contribution in [0.4, 0.5) is 0 Å². The van der Waals surface area contributed by atoms with Crippen molar-refractivity contribution in [3.63, 3.8) is 0 Å². The molecule has 6 nitrogen and oxygen atoms in total. The van der Waals surface area contributed by atoms with Crippen molar-refractivity contribution in [1.82, 2.24) is 5.32 Å². The molecule has 1 amide bonds. The Kier molecular flexibility index (Phi) is 4.50. The summed E-state index contributed by atoms with van der Waals surface area (Å²) in [6.45, 7) is 0.701. The number of fused-ring (bicyclic) bond motifs is 1. The molecule has 1 aliphatic carbocycles. The highest BCUT2D eigenvalue weighted by atomic mass is 16.7. The Hall–Kier alpha value is -2.50. The molecule has 2 aliphatic rings. The molecule has 0 saturated heterocycles. The average Bonchev–Trinajstić information content (AvgIpc) is 3.02. The number of hydrogen-bond donors (Lipinski definition) is 2. The highest BCUT2D eigenvalue weighted by molar-refractivity contribution is 5.85. The average molecular weight is 317 g/mol. The Labute approximate surface area is 134 Å². The van der Waals surface area contributed by atoms with E-state index in [0.717, 1.165) is 17.1 Å². The van der Waals surface area contributed by atoms with Crippen LogP contribution in [0.25, 0.3) is 0 Å². The lowest BCUT2D eigenvalue weighted by Gasteiger charge is -2.24. The summed E-state index contributed by atoms with van der Waals surface area (Å²) >= 11 is 0. The number of aliphatic carboxylic acids is 1. The normalized spacial score (nSPS) is 21.9. The largest absolute Gasteiger partial charge is 0.481 e. The molecule has 0 aromatic heterocycles. The van der Waals surface area contributed by atoms with Crippen LogP contribution in [0, 0.1) is 11.8 Å². The van der Waals surface area contributed by atoms with Gasteiger partial charge in [-0.2, -0.15) is 0 Å². The van der Waals surface area contributed by atoms with Crippen molar-refractivity contribution in [3.05, 3.63) is 35.9 Å². The molecular weight excluding hydrogens is 298 g/mol. The number of carbonyl (C=O) groups is 2. The molecule has 0 fully saturated rings. The maximum atomic E-state index is 12.2. The Balaban J connectivity index is 1.53. The van der Waals surface area contributed by atoms with Crippen LogP contribution in [0.3, 0.4) is 0 Å². The second kappa shape index (κ2) is 6.73. The van der Waals surface area contributed by atoms with E-state index in [1.807, 2.05) is 30.4 Å². The molecule has 6 heteroatoms. The second-order valence-corrected chi connectivity index (χ2v) is 5.72. The fraction of sp³-hybridized carbons (Fsp3) is 0.412. The number of amides is 1. The molecule has 0 unspecified atom stereocenters. The van der Waals surface area contributed by atoms with E-state index in [1.54, 1.807) is 0 Å². The van der Waals surface area contributed by atoms with Crippen molar-refractivity contribution in [2.24, 2.45) is 11.8 Å². The molecule has 122 valence electrons. The second-order valence-electron chi connectivity index (χ2n) is 5.72. The summed E-state index contributed by atoms with van der Waals surface area (Å²) in [7, 11) is 0. The van der Waals surface area contributed by atoms with Gasteiger partial charge in [-0.25, -0.2) is 0 Å². The number of nitrogens with one attached hydrogen (secondary N) is 1. The first-order chi connectivity index (χ1) is 11.1. The molecule has 0 bridgehead atoms. The molecule has 1 aromatic carbocycles. The highest BCUT2D eigenvalue weighted by Crippen LogP contribution is 2.32. The van der Waals surface area contributed by atoms with Crippen molar-refractivity contribution < 1.29 is 24.2 Å². The van der Waals surface area contributed by atoms with Crippen LogP contribution in [0.5, 0.6) is 11.5 Å². The third-order valence-electron chi connectivity index (χ3n) is 4.24. The van der Waals surface area contributed by atoms with Gasteiger partial charge in [-0.3, -0.25) is 9.59 Å². The van der Waals surface area contributed by atoms with Gasteiger partial charge in [0.05, 0.1) is 11.8 Å². The van der Waals surface area contributed by atoms with Crippen molar-refractivity contribution in [2.45, 2.75) is 19.3 Å². The van der Waals surface area contributed by atoms with Crippen LogP contribution in [0.2, 0.25) is 0 Å². The van der Waals surface area contributed by atoms with E-state index < -0.39 is 17.8 Å². The number of ether oxygens (including phenoxy) is 2. The number of carboxylic acids is 1. The molecule has 1 aliphatic heterocycles. The fourth-order valence-electron chi connectivity index (χ4n) is 2.93. The lowest BCUT2D eigenvalue weighted by Crippen LogP contribution is -2.39. The predicted octanol–water partition coefficient (Wildman–Crippen LogP) is 1.74. The topological polar surface area (TPSA) is 84.9 Å². The zero-order valence-corrected chi connectivity index (χ0v) is 12.7. The maximum absolute atomic E-state index is 12.2. The lowest BCUT2D eigenvalue weighted by atomic mass is 9.82. The molecule has 0 spiro atoms. The molecular formula is C17H19NO5. The van der Waals surface area contributed by atoms with Crippen LogP contribution in [0.1, 0.15) is 18.4 Å². The third kappa shape index (κ3) is 3.47. The summed E-state index contributed by atoms with van der Waals surface area (Å²) in [5.74, 6) is -0.777. The Morgan fingerprint density at radius 1 is 1.13 bits per heavy atom. The first-order valence-corrected chi connectivity index (χ1v) is 7.69. The lowest BCUT2D eigenvalue weighted by molar-refractivity contribution is -0.147. The fourth-order valence-corrected chi connectivity index (χ4v) is 2.93. The summed E-state index contributed by atoms with van der Waals surface area (Å²) < 4.78 is 10.6. The first-order valence-electron chi connectivity index (χ1n) is 7.69. The van der Waals surface area contributed by atoms with Crippen molar-refractivity contribution in [1.29, 1.82) is 0 Å². The zero-order chi connectivity index (χ0) is 16.2. The van der Waals surface area contributed by atoms with E-state index in [4.69, 9.17) is 9.47 Å². The van der Waals surface area contributed by atoms with Gasteiger partial charge in [-0.15, -0.1) is 0 Å². The summed E-state index contributed by atoms with van der Waals surface area (Å²) in [4.78, 5) is 23.5. The smallest absolute Gasteiger partial charge is 0.307 e. The minimum atomic E-state index is -0.912. The zero-order valence-electron chi connectivity index (χ0n) is 12.7. The van der Waals surface area contributed by atoms with E-state index in [9.17, 15) is 14.7 Å². The number of rotatable bonds is 5. The molecule has 2 N–H and O–H groups in total. The Bertz CT molecular complexity index is 640. The minimum absolute atomic E-state index is 0.192. The molecule has 1 heterocycles. The van der Waals surface area contributed by atoms with Gasteiger partial charge in [0, 0.05) is 6.54 Å². The summed E-state index contributed by atoms with van der Waals surface area (Å²) in [5.41, 5.74) is 1.04. The third-order valence-corrected chi connectivity index (χ3v) is 4.24. The van der Waals surface area contributed by atoms with Gasteiger partial charge < -0.3 is 19.9 Å². The maximum Gasteiger partial charge on any atom is 0.307 e. The van der Waals surface area contributed by atoms with Gasteiger partial charge >= 0.3 is 5.97 Å². The van der Waals surface area contributed by atoms with Gasteiger partial charge in [0.15, 0.2) is 11.5 Å². The molecule has 1 aromatic rings. The first kappa shape index (κ1) is 15.4. The van der Waals surface area contributed by atoms with Crippen LogP contribution in [0.15, 0.2) is 30.4 Å². The van der Waals surface area contributed by atoms with Gasteiger partial charge in [0.1, 0.15) is 0 Å². The summed E-state index contributed by atoms with van der Waals surface area (Å²) in [6.07, 6.45) is 5.25. The number of carbonyl (C=O) groups excluding carboxylic acids is 1. The number of benzene rings is 1. The molecule has 0 radical (unpaired) electrons. The number of carboxylic acid groups (broad SMARTS) is 1. The van der Waals surface area contributed by atoms with E-state index in [-0.39, 0.29) is 12.7 Å². The van der Waals surface area contributed by atoms with Gasteiger partial charge in [0.2, 0.25) is 12.7 Å². The standard InChI is InChI=1S/C17H19NO5/c19-16(12-3-1-2-4-13(12)17(20)21)18-8-7-11-5-6-14-15(9-11)23-10-22-14/h1-2,5-6,9,12-13H,3-4,7-8,10H2,(H,18,19)(H,20,21)/t12-,13-/m1/s1. The van der Waals surface area contributed by atoms with E-state index >= 15 is 0 Å². The molecule has 3 rings (SSSR count). The highest BCUT2D eigenvalue weighted by Gasteiger charge is 2.33. The summed E-state index contributed by atoms with van der Waals surface area (Å²) in [5, 5.41) is 12.1. The van der Waals surface area contributed by atoms with Crippen molar-refractivity contribution in [2.75, 3.05) is 13.3 Å². The van der Waals surface area contributed by atoms with E-state index in [2.05, 4.69) is 5.32 Å². The monoisotopic (exact) mass is 317 g/mol. The van der Waals surface area contributed by atoms with Crippen molar-refractivity contribution >= 4 is 11.9 Å². The van der Waals surface area contributed by atoms with Gasteiger partial charge in [-0.1, -0.05) is 18.2 Å². The summed E-state index contributed by atoms with van der Waals surface area (Å²) in [6, 6.07) is 5.69. The predicted molar refractivity (Wildman–Crippen MR) is 82.3 cm³/mol. The number of hydrogen-bond acceptors (Lipinski definition) is 4. The van der Waals surface area contributed by atoms with E-state index in [0.29, 0.717) is 25.8 Å².